The molecule has 6 heteroatoms. The van der Waals surface area contributed by atoms with E-state index < -0.39 is 7.12 Å². The normalized spacial score (nSPS) is 10.4. The van der Waals surface area contributed by atoms with Crippen LogP contribution in [0.5, 0.6) is 0 Å². The predicted octanol–water partition coefficient (Wildman–Crippen LogP) is -0.945. The number of nitrogens with zero attached hydrogens (tertiary/aromatic N) is 1. The molecule has 1 aromatic carbocycles. The summed E-state index contributed by atoms with van der Waals surface area (Å²) >= 11 is 0. The Labute approximate surface area is 79.5 Å². The van der Waals surface area contributed by atoms with E-state index in [-0.39, 0.29) is 11.0 Å². The van der Waals surface area contributed by atoms with Gasteiger partial charge in [0.25, 0.3) is 0 Å². The molecule has 2 aromatic rings. The number of carbonyl (C=O) groups is 1. The fourth-order valence-electron chi connectivity index (χ4n) is 1.34. The first-order valence-corrected chi connectivity index (χ1v) is 4.00. The summed E-state index contributed by atoms with van der Waals surface area (Å²) in [6, 6.07) is 3.00. The number of benzene rings is 1. The fraction of sp³-hybridized carbons (Fsp3) is 0. The average molecular weight is 190 g/mol. The van der Waals surface area contributed by atoms with Crippen molar-refractivity contribution in [2.75, 3.05) is 0 Å². The largest absolute Gasteiger partial charge is 0.489 e. The maximum Gasteiger partial charge on any atom is 0.489 e. The van der Waals surface area contributed by atoms with Crippen LogP contribution < -0.4 is 5.46 Å². The zero-order valence-corrected chi connectivity index (χ0v) is 7.14. The van der Waals surface area contributed by atoms with Crippen LogP contribution in [-0.2, 0) is 0 Å². The van der Waals surface area contributed by atoms with Crippen molar-refractivity contribution < 1.29 is 14.8 Å². The Morgan fingerprint density at radius 2 is 2.21 bits per heavy atom. The first-order valence-electron chi connectivity index (χ1n) is 4.00. The maximum atomic E-state index is 10.6. The number of hydrogen-bond acceptors (Lipinski definition) is 4. The Hall–Kier alpha value is -1.66. The van der Waals surface area contributed by atoms with E-state index in [0.717, 1.165) is 0 Å². The maximum absolute atomic E-state index is 10.6. The van der Waals surface area contributed by atoms with Crippen molar-refractivity contribution in [3.63, 3.8) is 0 Å². The summed E-state index contributed by atoms with van der Waals surface area (Å²) < 4.78 is 0. The van der Waals surface area contributed by atoms with Gasteiger partial charge in [0.05, 0.1) is 17.4 Å². The third-order valence-electron chi connectivity index (χ3n) is 2.03. The second-order valence-corrected chi connectivity index (χ2v) is 2.89. The molecular weight excluding hydrogens is 183 g/mol. The molecule has 2 rings (SSSR count). The number of carbonyl (C=O) groups excluding carboxylic acids is 1. The summed E-state index contributed by atoms with van der Waals surface area (Å²) in [5.74, 6) is 0. The van der Waals surface area contributed by atoms with Crippen LogP contribution in [0.15, 0.2) is 18.5 Å². The molecule has 0 amide bonds. The van der Waals surface area contributed by atoms with E-state index in [1.54, 1.807) is 0 Å². The van der Waals surface area contributed by atoms with Crippen LogP contribution in [-0.4, -0.2) is 33.4 Å². The number of rotatable bonds is 2. The molecular formula is C8H7BN2O3. The van der Waals surface area contributed by atoms with Gasteiger partial charge in [0.15, 0.2) is 0 Å². The smallest absolute Gasteiger partial charge is 0.423 e. The van der Waals surface area contributed by atoms with Gasteiger partial charge in [0.1, 0.15) is 6.29 Å². The standard InChI is InChI=1S/C8H7BN2O3/c12-3-5-1-7-8(11-4-10-7)2-6(5)9(13)14/h1-4,13-14H,(H,10,11). The van der Waals surface area contributed by atoms with Gasteiger partial charge >= 0.3 is 7.12 Å². The molecule has 0 atom stereocenters. The van der Waals surface area contributed by atoms with Crippen molar-refractivity contribution >= 4 is 29.9 Å². The highest BCUT2D eigenvalue weighted by Crippen LogP contribution is 2.08. The molecule has 0 aliphatic carbocycles. The minimum atomic E-state index is -1.65. The molecule has 0 aliphatic rings. The van der Waals surface area contributed by atoms with Crippen molar-refractivity contribution in [3.8, 4) is 0 Å². The van der Waals surface area contributed by atoms with Crippen LogP contribution in [0.4, 0.5) is 0 Å². The number of aromatic amines is 1. The van der Waals surface area contributed by atoms with E-state index >= 15 is 0 Å². The number of nitrogens with one attached hydrogen (secondary N) is 1. The summed E-state index contributed by atoms with van der Waals surface area (Å²) in [6.07, 6.45) is 2.05. The lowest BCUT2D eigenvalue weighted by molar-refractivity contribution is 0.112. The van der Waals surface area contributed by atoms with Crippen molar-refractivity contribution in [1.29, 1.82) is 0 Å². The van der Waals surface area contributed by atoms with Crippen LogP contribution >= 0.6 is 0 Å². The molecule has 0 radical (unpaired) electrons. The average Bonchev–Trinajstić information content (AvgIpc) is 2.62. The number of H-pyrrole nitrogens is 1. The van der Waals surface area contributed by atoms with Gasteiger partial charge in [-0.05, 0) is 17.6 Å². The Morgan fingerprint density at radius 3 is 2.86 bits per heavy atom. The lowest BCUT2D eigenvalue weighted by Crippen LogP contribution is -2.32. The first-order chi connectivity index (χ1) is 6.72. The van der Waals surface area contributed by atoms with E-state index in [1.165, 1.54) is 18.5 Å². The molecule has 0 fully saturated rings. The molecule has 0 saturated heterocycles. The molecule has 0 spiro atoms. The van der Waals surface area contributed by atoms with Crippen molar-refractivity contribution in [2.24, 2.45) is 0 Å². The highest BCUT2D eigenvalue weighted by atomic mass is 16.4. The Bertz CT molecular complexity index is 480. The molecule has 14 heavy (non-hydrogen) atoms. The van der Waals surface area contributed by atoms with Gasteiger partial charge in [-0.25, -0.2) is 4.98 Å². The van der Waals surface area contributed by atoms with Gasteiger partial charge in [0.2, 0.25) is 0 Å². The topological polar surface area (TPSA) is 86.2 Å². The zero-order chi connectivity index (χ0) is 10.1. The van der Waals surface area contributed by atoms with Gasteiger partial charge in [-0.15, -0.1) is 0 Å². The lowest BCUT2D eigenvalue weighted by atomic mass is 9.77. The molecule has 3 N–H and O–H groups in total. The Balaban J connectivity index is 2.72. The summed E-state index contributed by atoms with van der Waals surface area (Å²) in [5, 5.41) is 18.0. The van der Waals surface area contributed by atoms with Crippen LogP contribution in [0.3, 0.4) is 0 Å². The second-order valence-electron chi connectivity index (χ2n) is 2.89. The van der Waals surface area contributed by atoms with Gasteiger partial charge < -0.3 is 15.0 Å². The highest BCUT2D eigenvalue weighted by Gasteiger charge is 2.17. The molecule has 1 aromatic heterocycles. The minimum absolute atomic E-state index is 0.178. The van der Waals surface area contributed by atoms with Gasteiger partial charge in [0, 0.05) is 5.56 Å². The molecule has 0 bridgehead atoms. The van der Waals surface area contributed by atoms with Crippen LogP contribution in [0.1, 0.15) is 10.4 Å². The number of fused-ring (bicyclic) bond motifs is 1. The summed E-state index contributed by atoms with van der Waals surface area (Å²) in [5.41, 5.74) is 1.70. The van der Waals surface area contributed by atoms with Gasteiger partial charge in [-0.3, -0.25) is 4.79 Å². The van der Waals surface area contributed by atoms with Crippen LogP contribution in [0.2, 0.25) is 0 Å². The van der Waals surface area contributed by atoms with E-state index in [2.05, 4.69) is 9.97 Å². The molecule has 70 valence electrons. The number of imidazole rings is 1. The number of hydrogen-bond donors (Lipinski definition) is 3. The lowest BCUT2D eigenvalue weighted by Gasteiger charge is -2.02. The third kappa shape index (κ3) is 1.30. The molecule has 0 unspecified atom stereocenters. The summed E-state index contributed by atoms with van der Waals surface area (Å²) in [4.78, 5) is 17.4. The highest BCUT2D eigenvalue weighted by molar-refractivity contribution is 6.60. The Kier molecular flexibility index (Phi) is 2.07. The van der Waals surface area contributed by atoms with Crippen molar-refractivity contribution in [2.45, 2.75) is 0 Å². The van der Waals surface area contributed by atoms with Crippen molar-refractivity contribution in [3.05, 3.63) is 24.0 Å². The molecule has 1 heterocycles. The number of aromatic nitrogens is 2. The molecule has 0 saturated carbocycles. The van der Waals surface area contributed by atoms with E-state index in [4.69, 9.17) is 10.0 Å². The van der Waals surface area contributed by atoms with Gasteiger partial charge in [-0.2, -0.15) is 0 Å². The SMILES string of the molecule is O=Cc1cc2nc[nH]c2cc1B(O)O. The van der Waals surface area contributed by atoms with Crippen LogP contribution in [0, 0.1) is 0 Å². The van der Waals surface area contributed by atoms with Gasteiger partial charge in [-0.1, -0.05) is 0 Å². The first kappa shape index (κ1) is 8.92. The third-order valence-corrected chi connectivity index (χ3v) is 2.03. The minimum Gasteiger partial charge on any atom is -0.423 e. The van der Waals surface area contributed by atoms with Crippen molar-refractivity contribution in [1.82, 2.24) is 9.97 Å². The number of aldehydes is 1. The quantitative estimate of drug-likeness (QED) is 0.421. The second kappa shape index (κ2) is 3.24. The predicted molar refractivity (Wildman–Crippen MR) is 51.3 cm³/mol. The monoisotopic (exact) mass is 190 g/mol. The zero-order valence-electron chi connectivity index (χ0n) is 7.14. The summed E-state index contributed by atoms with van der Waals surface area (Å²) in [6.45, 7) is 0. The fourth-order valence-corrected chi connectivity index (χ4v) is 1.34. The van der Waals surface area contributed by atoms with E-state index in [0.29, 0.717) is 17.3 Å². The van der Waals surface area contributed by atoms with Crippen LogP contribution in [0.25, 0.3) is 11.0 Å². The summed E-state index contributed by atoms with van der Waals surface area (Å²) in [7, 11) is -1.65. The molecule has 5 nitrogen and oxygen atoms in total. The molecule has 0 aliphatic heterocycles. The van der Waals surface area contributed by atoms with E-state index in [9.17, 15) is 4.79 Å². The Morgan fingerprint density at radius 1 is 1.43 bits per heavy atom. The van der Waals surface area contributed by atoms with E-state index in [1.807, 2.05) is 0 Å².